The second-order valence-corrected chi connectivity index (χ2v) is 5.71. The van der Waals surface area contributed by atoms with E-state index >= 15 is 0 Å². The van der Waals surface area contributed by atoms with Crippen molar-refractivity contribution in [2.45, 2.75) is 19.9 Å². The summed E-state index contributed by atoms with van der Waals surface area (Å²) in [7, 11) is 0. The van der Waals surface area contributed by atoms with Gasteiger partial charge in [0.1, 0.15) is 5.69 Å². The summed E-state index contributed by atoms with van der Waals surface area (Å²) in [6.07, 6.45) is 0.816. The van der Waals surface area contributed by atoms with Gasteiger partial charge in [0.15, 0.2) is 11.5 Å². The number of hydrogen-bond donors (Lipinski definition) is 1. The Morgan fingerprint density at radius 2 is 2.13 bits per heavy atom. The van der Waals surface area contributed by atoms with Crippen molar-refractivity contribution in [3.63, 3.8) is 0 Å². The minimum absolute atomic E-state index is 0.225. The van der Waals surface area contributed by atoms with Gasteiger partial charge < -0.3 is 14.8 Å². The number of carbonyl (C=O) groups excluding carboxylic acids is 1. The van der Waals surface area contributed by atoms with Crippen LogP contribution < -0.4 is 14.8 Å². The predicted octanol–water partition coefficient (Wildman–Crippen LogP) is 3.13. The highest BCUT2D eigenvalue weighted by molar-refractivity contribution is 6.32. The molecule has 0 radical (unpaired) electrons. The number of benzene rings is 1. The zero-order valence-electron chi connectivity index (χ0n) is 12.8. The maximum absolute atomic E-state index is 12.1. The summed E-state index contributed by atoms with van der Waals surface area (Å²) in [4.78, 5) is 16.3. The number of fused-ring (bicyclic) bond motifs is 1. The third kappa shape index (κ3) is 3.74. The highest BCUT2D eigenvalue weighted by Crippen LogP contribution is 2.37. The Morgan fingerprint density at radius 1 is 1.30 bits per heavy atom. The maximum atomic E-state index is 12.1. The zero-order chi connectivity index (χ0) is 16.2. The summed E-state index contributed by atoms with van der Waals surface area (Å²) in [6, 6.07) is 8.96. The summed E-state index contributed by atoms with van der Waals surface area (Å²) in [5.41, 5.74) is 2.04. The number of halogens is 1. The normalized spacial score (nSPS) is 13.3. The van der Waals surface area contributed by atoms with E-state index in [1.165, 1.54) is 0 Å². The topological polar surface area (TPSA) is 60.5 Å². The number of pyridine rings is 1. The van der Waals surface area contributed by atoms with Crippen molar-refractivity contribution in [1.82, 2.24) is 10.3 Å². The van der Waals surface area contributed by atoms with Gasteiger partial charge >= 0.3 is 0 Å². The molecule has 2 heterocycles. The van der Waals surface area contributed by atoms with Crippen LogP contribution in [-0.4, -0.2) is 24.1 Å². The molecule has 0 saturated carbocycles. The molecule has 1 aliphatic heterocycles. The lowest BCUT2D eigenvalue weighted by atomic mass is 10.2. The predicted molar refractivity (Wildman–Crippen MR) is 87.2 cm³/mol. The quantitative estimate of drug-likeness (QED) is 0.938. The zero-order valence-corrected chi connectivity index (χ0v) is 13.5. The van der Waals surface area contributed by atoms with Crippen LogP contribution in [0.3, 0.4) is 0 Å². The lowest BCUT2D eigenvalue weighted by molar-refractivity contribution is 0.0945. The molecule has 1 aliphatic rings. The van der Waals surface area contributed by atoms with Crippen LogP contribution in [0.5, 0.6) is 11.5 Å². The molecule has 0 atom stereocenters. The maximum Gasteiger partial charge on any atom is 0.270 e. The first-order valence-electron chi connectivity index (χ1n) is 7.43. The van der Waals surface area contributed by atoms with E-state index in [0.29, 0.717) is 42.0 Å². The first kappa shape index (κ1) is 15.6. The van der Waals surface area contributed by atoms with Crippen LogP contribution in [-0.2, 0) is 6.54 Å². The van der Waals surface area contributed by atoms with Crippen LogP contribution in [0.1, 0.15) is 28.2 Å². The van der Waals surface area contributed by atoms with Crippen LogP contribution in [0.4, 0.5) is 0 Å². The largest absolute Gasteiger partial charge is 0.489 e. The van der Waals surface area contributed by atoms with Crippen molar-refractivity contribution >= 4 is 17.5 Å². The molecule has 0 saturated heterocycles. The van der Waals surface area contributed by atoms with Gasteiger partial charge in [0, 0.05) is 18.7 Å². The first-order chi connectivity index (χ1) is 11.1. The molecule has 1 aromatic heterocycles. The molecule has 2 aromatic rings. The molecule has 0 bridgehead atoms. The van der Waals surface area contributed by atoms with E-state index in [1.807, 2.05) is 25.1 Å². The molecule has 1 amide bonds. The molecule has 3 rings (SSSR count). The molecule has 6 heteroatoms. The fourth-order valence-electron chi connectivity index (χ4n) is 2.33. The second kappa shape index (κ2) is 6.87. The first-order valence-corrected chi connectivity index (χ1v) is 7.81. The van der Waals surface area contributed by atoms with Crippen LogP contribution in [0.15, 0.2) is 30.3 Å². The number of rotatable bonds is 3. The third-order valence-corrected chi connectivity index (χ3v) is 3.72. The molecule has 1 aromatic carbocycles. The van der Waals surface area contributed by atoms with Crippen LogP contribution in [0.2, 0.25) is 5.02 Å². The van der Waals surface area contributed by atoms with Crippen molar-refractivity contribution in [2.75, 3.05) is 13.2 Å². The molecular weight excluding hydrogens is 316 g/mol. The molecule has 0 unspecified atom stereocenters. The van der Waals surface area contributed by atoms with Gasteiger partial charge in [-0.2, -0.15) is 0 Å². The minimum atomic E-state index is -0.225. The number of nitrogens with zero attached hydrogens (tertiary/aromatic N) is 1. The Kier molecular flexibility index (Phi) is 4.67. The molecule has 1 N–H and O–H groups in total. The lowest BCUT2D eigenvalue weighted by Gasteiger charge is -2.12. The van der Waals surface area contributed by atoms with Gasteiger partial charge in [0.25, 0.3) is 5.91 Å². The number of carbonyl (C=O) groups is 1. The van der Waals surface area contributed by atoms with Crippen LogP contribution in [0, 0.1) is 6.92 Å². The summed E-state index contributed by atoms with van der Waals surface area (Å²) in [5.74, 6) is 0.962. The average Bonchev–Trinajstić information content (AvgIpc) is 2.78. The number of ether oxygens (including phenoxy) is 2. The number of amides is 1. The van der Waals surface area contributed by atoms with Gasteiger partial charge in [0.05, 0.1) is 18.2 Å². The van der Waals surface area contributed by atoms with Crippen molar-refractivity contribution in [3.8, 4) is 11.5 Å². The van der Waals surface area contributed by atoms with Gasteiger partial charge in [-0.1, -0.05) is 17.7 Å². The van der Waals surface area contributed by atoms with Crippen molar-refractivity contribution in [2.24, 2.45) is 0 Å². The molecule has 0 fully saturated rings. The molecular formula is C17H17ClN2O3. The van der Waals surface area contributed by atoms with E-state index < -0.39 is 0 Å². The monoisotopic (exact) mass is 332 g/mol. The molecule has 5 nitrogen and oxygen atoms in total. The molecule has 120 valence electrons. The fourth-order valence-corrected chi connectivity index (χ4v) is 2.62. The summed E-state index contributed by atoms with van der Waals surface area (Å²) >= 11 is 6.24. The van der Waals surface area contributed by atoms with Gasteiger partial charge in [-0.15, -0.1) is 0 Å². The highest BCUT2D eigenvalue weighted by Gasteiger charge is 2.16. The second-order valence-electron chi connectivity index (χ2n) is 5.30. The molecule has 0 spiro atoms. The average molecular weight is 333 g/mol. The number of nitrogens with one attached hydrogen (secondary N) is 1. The van der Waals surface area contributed by atoms with Crippen molar-refractivity contribution in [3.05, 3.63) is 52.3 Å². The number of aromatic nitrogens is 1. The standard InChI is InChI=1S/C17H17ClN2O3/c1-11-4-2-5-14(20-11)17(21)19-10-12-8-13(18)16-15(9-12)22-6-3-7-23-16/h2,4-5,8-9H,3,6-7,10H2,1H3,(H,19,21). The van der Waals surface area contributed by atoms with Gasteiger partial charge in [-0.3, -0.25) is 4.79 Å². The SMILES string of the molecule is Cc1cccc(C(=O)NCc2cc(Cl)c3c(c2)OCCCO3)n1. The lowest BCUT2D eigenvalue weighted by Crippen LogP contribution is -2.24. The smallest absolute Gasteiger partial charge is 0.270 e. The molecule has 23 heavy (non-hydrogen) atoms. The van der Waals surface area contributed by atoms with E-state index in [-0.39, 0.29) is 5.91 Å². The Bertz CT molecular complexity index is 734. The third-order valence-electron chi connectivity index (χ3n) is 3.44. The van der Waals surface area contributed by atoms with Crippen molar-refractivity contribution < 1.29 is 14.3 Å². The summed E-state index contributed by atoms with van der Waals surface area (Å²) in [6.45, 7) is 3.36. The van der Waals surface area contributed by atoms with E-state index in [4.69, 9.17) is 21.1 Å². The summed E-state index contributed by atoms with van der Waals surface area (Å²) < 4.78 is 11.2. The van der Waals surface area contributed by atoms with Gasteiger partial charge in [-0.05, 0) is 36.8 Å². The molecule has 0 aliphatic carbocycles. The number of hydrogen-bond acceptors (Lipinski definition) is 4. The van der Waals surface area contributed by atoms with Gasteiger partial charge in [0.2, 0.25) is 0 Å². The number of aryl methyl sites for hydroxylation is 1. The Balaban J connectivity index is 1.72. The van der Waals surface area contributed by atoms with Gasteiger partial charge in [-0.25, -0.2) is 4.98 Å². The van der Waals surface area contributed by atoms with E-state index in [2.05, 4.69) is 10.3 Å². The fraction of sp³-hybridized carbons (Fsp3) is 0.294. The van der Waals surface area contributed by atoms with E-state index in [9.17, 15) is 4.79 Å². The van der Waals surface area contributed by atoms with Crippen LogP contribution in [0.25, 0.3) is 0 Å². The van der Waals surface area contributed by atoms with Crippen LogP contribution >= 0.6 is 11.6 Å². The minimum Gasteiger partial charge on any atom is -0.489 e. The van der Waals surface area contributed by atoms with Crippen molar-refractivity contribution in [1.29, 1.82) is 0 Å². The van der Waals surface area contributed by atoms with E-state index in [0.717, 1.165) is 17.7 Å². The Morgan fingerprint density at radius 3 is 2.96 bits per heavy atom. The van der Waals surface area contributed by atoms with E-state index in [1.54, 1.807) is 12.1 Å². The Hall–Kier alpha value is -2.27. The summed E-state index contributed by atoms with van der Waals surface area (Å²) in [5, 5.41) is 3.32. The highest BCUT2D eigenvalue weighted by atomic mass is 35.5. The Labute approximate surface area is 139 Å².